The van der Waals surface area contributed by atoms with Gasteiger partial charge in [0.05, 0.1) is 0 Å². The lowest BCUT2D eigenvalue weighted by atomic mass is 9.33. The van der Waals surface area contributed by atoms with E-state index in [9.17, 15) is 0 Å². The maximum Gasteiger partial charge on any atom is 0.252 e. The molecule has 0 saturated heterocycles. The van der Waals surface area contributed by atoms with Gasteiger partial charge in [-0.15, -0.1) is 0 Å². The van der Waals surface area contributed by atoms with Gasteiger partial charge >= 0.3 is 0 Å². The Morgan fingerprint density at radius 2 is 0.769 bits per heavy atom. The number of anilines is 9. The van der Waals surface area contributed by atoms with Crippen LogP contribution in [0.1, 0.15) is 79.0 Å². The van der Waals surface area contributed by atoms with E-state index in [4.69, 9.17) is 4.42 Å². The second-order valence-electron chi connectivity index (χ2n) is 28.2. The molecule has 0 aliphatic carbocycles. The Bertz CT molecular complexity index is 5110. The molecule has 14 aromatic rings. The van der Waals surface area contributed by atoms with Gasteiger partial charge in [-0.2, -0.15) is 0 Å². The van der Waals surface area contributed by atoms with Crippen LogP contribution in [0.25, 0.3) is 76.9 Å². The monoisotopic (exact) mass is 1170 g/mol. The lowest BCUT2D eigenvalue weighted by Gasteiger charge is -2.45. The first kappa shape index (κ1) is 55.9. The summed E-state index contributed by atoms with van der Waals surface area (Å²) in [5, 5.41) is 7.19. The summed E-state index contributed by atoms with van der Waals surface area (Å²) in [7, 11) is 0. The number of nitrogens with zero attached hydrogens (tertiary/aromatic N) is 3. The van der Waals surface area contributed by atoms with Crippen molar-refractivity contribution in [1.82, 2.24) is 0 Å². The molecule has 0 bridgehead atoms. The predicted molar refractivity (Wildman–Crippen MR) is 390 cm³/mol. The van der Waals surface area contributed by atoms with Gasteiger partial charge in [-0.3, -0.25) is 0 Å². The highest BCUT2D eigenvalue weighted by atomic mass is 16.3. The van der Waals surface area contributed by atoms with E-state index >= 15 is 0 Å². The van der Waals surface area contributed by atoms with Gasteiger partial charge in [-0.1, -0.05) is 250 Å². The van der Waals surface area contributed by atoms with Gasteiger partial charge in [0.1, 0.15) is 11.2 Å². The molecule has 91 heavy (non-hydrogen) atoms. The minimum Gasteiger partial charge on any atom is -0.455 e. The number of hydrogen-bond acceptors (Lipinski definition) is 4. The van der Waals surface area contributed by atoms with E-state index in [0.717, 1.165) is 67.2 Å². The summed E-state index contributed by atoms with van der Waals surface area (Å²) < 4.78 is 6.68. The second kappa shape index (κ2) is 21.1. The van der Waals surface area contributed by atoms with Crippen LogP contribution in [0.2, 0.25) is 0 Å². The van der Waals surface area contributed by atoms with Gasteiger partial charge in [0.25, 0.3) is 6.71 Å². The minimum atomic E-state index is -0.221. The van der Waals surface area contributed by atoms with Crippen molar-refractivity contribution in [2.75, 3.05) is 14.7 Å². The van der Waals surface area contributed by atoms with Gasteiger partial charge in [-0.05, 0) is 184 Å². The first-order valence-electron chi connectivity index (χ1n) is 32.2. The standard InChI is InChI=1S/C86H72BN3O/c1-84(2,3)60-36-44-63(45-37-60)88(64-46-38-61(39-47-64)85(4,5)6)67-48-49-75-78(54-67)90(66-42-33-58(34-43-66)72-28-18-29-74-73-25-14-15-30-81(73)91-83(72)74)80-53-62(86(7,8)9)52-79-82(80)87(75)76-51-59(71-27-17-22-56-20-11-13-24-69(56)71)35-50-77(76)89(79)65-40-31-57(32-41-65)70-26-16-21-55-19-10-12-23-68(55)70/h10-54H,1-9H3. The van der Waals surface area contributed by atoms with Crippen LogP contribution < -0.4 is 31.1 Å². The topological polar surface area (TPSA) is 22.9 Å². The molecule has 4 nitrogen and oxygen atoms in total. The van der Waals surface area contributed by atoms with E-state index in [1.165, 1.54) is 93.9 Å². The minimum absolute atomic E-state index is 0.00337. The van der Waals surface area contributed by atoms with Crippen LogP contribution in [0, 0.1) is 0 Å². The molecule has 0 N–H and O–H groups in total. The molecule has 0 radical (unpaired) electrons. The second-order valence-corrected chi connectivity index (χ2v) is 28.2. The molecule has 2 aliphatic heterocycles. The third kappa shape index (κ3) is 9.51. The van der Waals surface area contributed by atoms with E-state index < -0.39 is 0 Å². The molecule has 0 fully saturated rings. The van der Waals surface area contributed by atoms with Crippen molar-refractivity contribution in [2.24, 2.45) is 0 Å². The third-order valence-electron chi connectivity index (χ3n) is 19.3. The molecule has 0 unspecified atom stereocenters. The predicted octanol–water partition coefficient (Wildman–Crippen LogP) is 22.3. The van der Waals surface area contributed by atoms with Crippen molar-refractivity contribution in [3.8, 4) is 33.4 Å². The number of fused-ring (bicyclic) bond motifs is 9. The summed E-state index contributed by atoms with van der Waals surface area (Å²) in [4.78, 5) is 7.61. The summed E-state index contributed by atoms with van der Waals surface area (Å²) >= 11 is 0. The van der Waals surface area contributed by atoms with E-state index in [1.807, 2.05) is 0 Å². The fourth-order valence-corrected chi connectivity index (χ4v) is 14.5. The number of para-hydroxylation sites is 2. The third-order valence-corrected chi connectivity index (χ3v) is 19.3. The van der Waals surface area contributed by atoms with Crippen molar-refractivity contribution >= 4 is 118 Å². The first-order valence-corrected chi connectivity index (χ1v) is 32.2. The summed E-state index contributed by atoms with van der Waals surface area (Å²) in [6.45, 7) is 20.7. The quantitative estimate of drug-likeness (QED) is 0.141. The molecule has 440 valence electrons. The number of rotatable bonds is 8. The summed E-state index contributed by atoms with van der Waals surface area (Å²) in [6, 6.07) is 102. The molecule has 0 amide bonds. The zero-order chi connectivity index (χ0) is 62.1. The Labute approximate surface area is 535 Å². The van der Waals surface area contributed by atoms with Crippen LogP contribution >= 0.6 is 0 Å². The van der Waals surface area contributed by atoms with E-state index in [0.29, 0.717) is 0 Å². The molecule has 5 heteroatoms. The molecule has 1 aromatic heterocycles. The normalized spacial score (nSPS) is 13.0. The highest BCUT2D eigenvalue weighted by Crippen LogP contribution is 2.50. The van der Waals surface area contributed by atoms with Crippen LogP contribution in [0.15, 0.2) is 277 Å². The fourth-order valence-electron chi connectivity index (χ4n) is 14.5. The van der Waals surface area contributed by atoms with E-state index in [-0.39, 0.29) is 23.0 Å². The van der Waals surface area contributed by atoms with E-state index in [1.54, 1.807) is 0 Å². The van der Waals surface area contributed by atoms with Gasteiger partial charge < -0.3 is 19.1 Å². The van der Waals surface area contributed by atoms with Gasteiger partial charge in [0.15, 0.2) is 0 Å². The molecule has 0 saturated carbocycles. The van der Waals surface area contributed by atoms with Crippen molar-refractivity contribution in [3.05, 3.63) is 290 Å². The van der Waals surface area contributed by atoms with Crippen molar-refractivity contribution in [3.63, 3.8) is 0 Å². The zero-order valence-electron chi connectivity index (χ0n) is 53.3. The maximum atomic E-state index is 6.68. The first-order chi connectivity index (χ1) is 44.0. The van der Waals surface area contributed by atoms with Crippen LogP contribution in [0.3, 0.4) is 0 Å². The van der Waals surface area contributed by atoms with Crippen LogP contribution in [0.4, 0.5) is 51.2 Å². The molecule has 2 aliphatic rings. The molecule has 0 spiro atoms. The summed E-state index contributed by atoms with van der Waals surface area (Å²) in [5.74, 6) is 0. The van der Waals surface area contributed by atoms with E-state index in [2.05, 4.69) is 350 Å². The number of furan rings is 1. The van der Waals surface area contributed by atoms with Crippen LogP contribution in [0.5, 0.6) is 0 Å². The van der Waals surface area contributed by atoms with Crippen molar-refractivity contribution < 1.29 is 4.42 Å². The molecular formula is C86H72BN3O. The van der Waals surface area contributed by atoms with Gasteiger partial charge in [-0.25, -0.2) is 0 Å². The van der Waals surface area contributed by atoms with Gasteiger partial charge in [0.2, 0.25) is 0 Å². The Morgan fingerprint density at radius 3 is 1.34 bits per heavy atom. The van der Waals surface area contributed by atoms with Gasteiger partial charge in [0, 0.05) is 67.5 Å². The average Bonchev–Trinajstić information content (AvgIpc) is 1.15. The highest BCUT2D eigenvalue weighted by molar-refractivity contribution is 7.00. The maximum absolute atomic E-state index is 6.68. The Morgan fingerprint density at radius 1 is 0.319 bits per heavy atom. The molecule has 3 heterocycles. The smallest absolute Gasteiger partial charge is 0.252 e. The number of benzene rings is 13. The molecule has 16 rings (SSSR count). The Kier molecular flexibility index (Phi) is 13.0. The largest absolute Gasteiger partial charge is 0.455 e. The summed E-state index contributed by atoms with van der Waals surface area (Å²) in [5.41, 5.74) is 26.3. The van der Waals surface area contributed by atoms with Crippen molar-refractivity contribution in [1.29, 1.82) is 0 Å². The fraction of sp³-hybridized carbons (Fsp3) is 0.140. The SMILES string of the molecule is CC(C)(C)c1ccc(N(c2ccc(C(C)(C)C)cc2)c2ccc3c(c2)N(c2ccc(-c4cccc5c4oc4ccccc45)cc2)c2cc(C(C)(C)C)cc4c2B3c2cc(-c3cccc5ccccc35)ccc2N4c2ccc(-c3cccc4ccccc34)cc2)cc1. The van der Waals surface area contributed by atoms with Crippen LogP contribution in [-0.4, -0.2) is 6.71 Å². The lowest BCUT2D eigenvalue weighted by molar-refractivity contribution is 0.590. The average molecular weight is 1170 g/mol. The highest BCUT2D eigenvalue weighted by Gasteiger charge is 2.45. The lowest BCUT2D eigenvalue weighted by Crippen LogP contribution is -2.61. The summed E-state index contributed by atoms with van der Waals surface area (Å²) in [6.07, 6.45) is 0. The molecular weight excluding hydrogens is 1100 g/mol. The Hall–Kier alpha value is -10.4. The Balaban J connectivity index is 0.956. The van der Waals surface area contributed by atoms with Crippen molar-refractivity contribution in [2.45, 2.75) is 78.6 Å². The molecule has 13 aromatic carbocycles. The zero-order valence-corrected chi connectivity index (χ0v) is 53.3. The van der Waals surface area contributed by atoms with Crippen LogP contribution in [-0.2, 0) is 16.2 Å². The molecule has 0 atom stereocenters. The number of hydrogen-bond donors (Lipinski definition) is 0.